The molecule has 1 amide bonds. The first kappa shape index (κ1) is 15.9. The summed E-state index contributed by atoms with van der Waals surface area (Å²) in [6.45, 7) is 2.52. The van der Waals surface area contributed by atoms with E-state index in [-0.39, 0.29) is 23.5 Å². The average molecular weight is 306 g/mol. The van der Waals surface area contributed by atoms with Crippen molar-refractivity contribution in [1.82, 2.24) is 4.90 Å². The molecule has 0 unspecified atom stereocenters. The number of methoxy groups -OCH3 is 1. The second-order valence-corrected chi connectivity index (χ2v) is 5.35. The van der Waals surface area contributed by atoms with Crippen LogP contribution in [0.4, 0.5) is 5.69 Å². The lowest BCUT2D eigenvalue weighted by Crippen LogP contribution is -2.40. The van der Waals surface area contributed by atoms with Crippen molar-refractivity contribution in [3.8, 4) is 0 Å². The molecular weight excluding hydrogens is 288 g/mol. The highest BCUT2D eigenvalue weighted by Gasteiger charge is 2.29. The van der Waals surface area contributed by atoms with E-state index in [0.29, 0.717) is 37.1 Å². The SMILES string of the molecule is COC(=O)C1CCN(C(=O)c2ccc(C)c([N+](=O)[O-])c2)CC1. The van der Waals surface area contributed by atoms with Gasteiger partial charge in [-0.15, -0.1) is 0 Å². The number of ether oxygens (including phenoxy) is 1. The molecule has 0 atom stereocenters. The molecule has 0 N–H and O–H groups in total. The molecular formula is C15H18N2O5. The van der Waals surface area contributed by atoms with Crippen LogP contribution in [-0.4, -0.2) is 41.9 Å². The summed E-state index contributed by atoms with van der Waals surface area (Å²) in [4.78, 5) is 36.0. The largest absolute Gasteiger partial charge is 0.469 e. The first-order chi connectivity index (χ1) is 10.4. The molecule has 1 aliphatic rings. The molecule has 118 valence electrons. The summed E-state index contributed by atoms with van der Waals surface area (Å²) in [7, 11) is 1.35. The fourth-order valence-electron chi connectivity index (χ4n) is 2.61. The van der Waals surface area contributed by atoms with Gasteiger partial charge in [0.2, 0.25) is 0 Å². The van der Waals surface area contributed by atoms with Crippen molar-refractivity contribution in [3.05, 3.63) is 39.4 Å². The Bertz CT molecular complexity index is 606. The van der Waals surface area contributed by atoms with Gasteiger partial charge in [-0.05, 0) is 25.8 Å². The van der Waals surface area contributed by atoms with Crippen molar-refractivity contribution in [2.75, 3.05) is 20.2 Å². The van der Waals surface area contributed by atoms with Crippen LogP contribution in [0.15, 0.2) is 18.2 Å². The molecule has 0 aliphatic carbocycles. The Balaban J connectivity index is 2.09. The molecule has 7 nitrogen and oxygen atoms in total. The number of benzene rings is 1. The molecule has 0 radical (unpaired) electrons. The summed E-state index contributed by atoms with van der Waals surface area (Å²) in [6.07, 6.45) is 1.10. The number of hydrogen-bond acceptors (Lipinski definition) is 5. The highest BCUT2D eigenvalue weighted by Crippen LogP contribution is 2.23. The smallest absolute Gasteiger partial charge is 0.308 e. The van der Waals surface area contributed by atoms with Crippen molar-refractivity contribution in [1.29, 1.82) is 0 Å². The van der Waals surface area contributed by atoms with Crippen LogP contribution in [0.3, 0.4) is 0 Å². The number of nitro benzene ring substituents is 1. The third-order valence-corrected chi connectivity index (χ3v) is 3.97. The van der Waals surface area contributed by atoms with E-state index in [1.165, 1.54) is 13.2 Å². The maximum atomic E-state index is 12.4. The van der Waals surface area contributed by atoms with E-state index in [1.54, 1.807) is 24.0 Å². The molecule has 0 spiro atoms. The van der Waals surface area contributed by atoms with Crippen LogP contribution in [0, 0.1) is 23.0 Å². The van der Waals surface area contributed by atoms with E-state index in [4.69, 9.17) is 4.74 Å². The summed E-state index contributed by atoms with van der Waals surface area (Å²) >= 11 is 0. The first-order valence-electron chi connectivity index (χ1n) is 7.06. The second-order valence-electron chi connectivity index (χ2n) is 5.35. The molecule has 1 saturated heterocycles. The standard InChI is InChI=1S/C15H18N2O5/c1-10-3-4-12(9-13(10)17(20)21)14(18)16-7-5-11(6-8-16)15(19)22-2/h3-4,9,11H,5-8H2,1-2H3. The number of piperidine rings is 1. The van der Waals surface area contributed by atoms with Gasteiger partial charge in [0, 0.05) is 30.3 Å². The fraction of sp³-hybridized carbons (Fsp3) is 0.467. The van der Waals surface area contributed by atoms with Crippen LogP contribution in [0.2, 0.25) is 0 Å². The number of esters is 1. The normalized spacial score (nSPS) is 15.5. The van der Waals surface area contributed by atoms with Crippen LogP contribution in [0.1, 0.15) is 28.8 Å². The van der Waals surface area contributed by atoms with Gasteiger partial charge in [-0.25, -0.2) is 0 Å². The molecule has 1 fully saturated rings. The summed E-state index contributed by atoms with van der Waals surface area (Å²) in [5, 5.41) is 11.0. The van der Waals surface area contributed by atoms with E-state index < -0.39 is 4.92 Å². The zero-order valence-electron chi connectivity index (χ0n) is 12.6. The third kappa shape index (κ3) is 3.24. The second kappa shape index (κ2) is 6.55. The van der Waals surface area contributed by atoms with Gasteiger partial charge in [-0.3, -0.25) is 19.7 Å². The van der Waals surface area contributed by atoms with Gasteiger partial charge in [0.05, 0.1) is 18.0 Å². The summed E-state index contributed by atoms with van der Waals surface area (Å²) in [5.41, 5.74) is 0.759. The van der Waals surface area contributed by atoms with Crippen molar-refractivity contribution < 1.29 is 19.2 Å². The Morgan fingerprint density at radius 3 is 2.50 bits per heavy atom. The van der Waals surface area contributed by atoms with Crippen molar-refractivity contribution in [3.63, 3.8) is 0 Å². The minimum absolute atomic E-state index is 0.0599. The highest BCUT2D eigenvalue weighted by molar-refractivity contribution is 5.95. The Morgan fingerprint density at radius 1 is 1.32 bits per heavy atom. The lowest BCUT2D eigenvalue weighted by Gasteiger charge is -2.30. The summed E-state index contributed by atoms with van der Waals surface area (Å²) < 4.78 is 4.71. The predicted octanol–water partition coefficient (Wildman–Crippen LogP) is 1.93. The number of carbonyl (C=O) groups excluding carboxylic acids is 2. The first-order valence-corrected chi connectivity index (χ1v) is 7.06. The Labute approximate surface area is 128 Å². The Kier molecular flexibility index (Phi) is 4.75. The van der Waals surface area contributed by atoms with Crippen LogP contribution in [-0.2, 0) is 9.53 Å². The maximum Gasteiger partial charge on any atom is 0.308 e. The van der Waals surface area contributed by atoms with Crippen molar-refractivity contribution in [2.24, 2.45) is 5.92 Å². The van der Waals surface area contributed by atoms with Crippen LogP contribution >= 0.6 is 0 Å². The van der Waals surface area contributed by atoms with E-state index in [2.05, 4.69) is 0 Å². The lowest BCUT2D eigenvalue weighted by molar-refractivity contribution is -0.385. The molecule has 7 heteroatoms. The number of amides is 1. The Morgan fingerprint density at radius 2 is 1.95 bits per heavy atom. The van der Waals surface area contributed by atoms with Gasteiger partial charge in [0.25, 0.3) is 11.6 Å². The lowest BCUT2D eigenvalue weighted by atomic mass is 9.96. The quantitative estimate of drug-likeness (QED) is 0.483. The Hall–Kier alpha value is -2.44. The van der Waals surface area contributed by atoms with Gasteiger partial charge in [-0.2, -0.15) is 0 Å². The molecule has 1 aromatic carbocycles. The third-order valence-electron chi connectivity index (χ3n) is 3.97. The molecule has 1 aromatic rings. The van der Waals surface area contributed by atoms with Gasteiger partial charge in [0.1, 0.15) is 0 Å². The average Bonchev–Trinajstić information content (AvgIpc) is 2.53. The monoisotopic (exact) mass is 306 g/mol. The molecule has 1 heterocycles. The molecule has 0 bridgehead atoms. The number of hydrogen-bond donors (Lipinski definition) is 0. The molecule has 0 aromatic heterocycles. The maximum absolute atomic E-state index is 12.4. The van der Waals surface area contributed by atoms with Crippen LogP contribution in [0.25, 0.3) is 0 Å². The number of aryl methyl sites for hydroxylation is 1. The van der Waals surface area contributed by atoms with E-state index in [1.807, 2.05) is 0 Å². The minimum Gasteiger partial charge on any atom is -0.469 e. The number of nitrogens with zero attached hydrogens (tertiary/aromatic N) is 2. The highest BCUT2D eigenvalue weighted by atomic mass is 16.6. The van der Waals surface area contributed by atoms with Crippen molar-refractivity contribution >= 4 is 17.6 Å². The van der Waals surface area contributed by atoms with Crippen molar-refractivity contribution in [2.45, 2.75) is 19.8 Å². The number of carbonyl (C=O) groups is 2. The minimum atomic E-state index is -0.490. The van der Waals surface area contributed by atoms with E-state index >= 15 is 0 Å². The van der Waals surface area contributed by atoms with Gasteiger partial charge in [0.15, 0.2) is 0 Å². The fourth-order valence-corrected chi connectivity index (χ4v) is 2.61. The number of nitro groups is 1. The van der Waals surface area contributed by atoms with Gasteiger partial charge >= 0.3 is 5.97 Å². The number of rotatable bonds is 3. The zero-order chi connectivity index (χ0) is 16.3. The van der Waals surface area contributed by atoms with E-state index in [9.17, 15) is 19.7 Å². The summed E-state index contributed by atoms with van der Waals surface area (Å²) in [6, 6.07) is 4.48. The van der Waals surface area contributed by atoms with Gasteiger partial charge in [-0.1, -0.05) is 6.07 Å². The molecule has 22 heavy (non-hydrogen) atoms. The molecule has 2 rings (SSSR count). The zero-order valence-corrected chi connectivity index (χ0v) is 12.6. The molecule has 0 saturated carbocycles. The van der Waals surface area contributed by atoms with E-state index in [0.717, 1.165) is 0 Å². The predicted molar refractivity (Wildman–Crippen MR) is 78.5 cm³/mol. The summed E-state index contributed by atoms with van der Waals surface area (Å²) in [5.74, 6) is -0.675. The van der Waals surface area contributed by atoms with Crippen LogP contribution < -0.4 is 0 Å². The molecule has 1 aliphatic heterocycles. The van der Waals surface area contributed by atoms with Crippen LogP contribution in [0.5, 0.6) is 0 Å². The van der Waals surface area contributed by atoms with Gasteiger partial charge < -0.3 is 9.64 Å². The number of likely N-dealkylation sites (tertiary alicyclic amines) is 1. The topological polar surface area (TPSA) is 89.8 Å².